The Morgan fingerprint density at radius 3 is 2.56 bits per heavy atom. The second kappa shape index (κ2) is 5.37. The molecule has 0 unspecified atom stereocenters. The van der Waals surface area contributed by atoms with Gasteiger partial charge >= 0.3 is 0 Å². The van der Waals surface area contributed by atoms with Crippen molar-refractivity contribution in [3.8, 4) is 0 Å². The summed E-state index contributed by atoms with van der Waals surface area (Å²) >= 11 is 12.1. The van der Waals surface area contributed by atoms with Gasteiger partial charge in [0.1, 0.15) is 12.7 Å². The van der Waals surface area contributed by atoms with E-state index >= 15 is 0 Å². The minimum absolute atomic E-state index is 0.594. The molecule has 7 heteroatoms. The van der Waals surface area contributed by atoms with Crippen LogP contribution in [0.2, 0.25) is 10.0 Å². The van der Waals surface area contributed by atoms with E-state index in [0.717, 1.165) is 5.69 Å². The van der Waals surface area contributed by atoms with Gasteiger partial charge in [-0.25, -0.2) is 0 Å². The van der Waals surface area contributed by atoms with Crippen LogP contribution in [-0.4, -0.2) is 34.8 Å². The molecular formula is C11H11Cl2N5. The lowest BCUT2D eigenvalue weighted by Gasteiger charge is -2.22. The van der Waals surface area contributed by atoms with Crippen molar-refractivity contribution in [2.75, 3.05) is 19.0 Å². The lowest BCUT2D eigenvalue weighted by Crippen LogP contribution is -2.32. The summed E-state index contributed by atoms with van der Waals surface area (Å²) in [6.45, 7) is 0. The van der Waals surface area contributed by atoms with Gasteiger partial charge in [-0.05, 0) is 18.2 Å². The minimum Gasteiger partial charge on any atom is -0.313 e. The molecule has 0 fully saturated rings. The zero-order valence-corrected chi connectivity index (χ0v) is 11.4. The molecule has 0 saturated carbocycles. The van der Waals surface area contributed by atoms with Gasteiger partial charge in [0.2, 0.25) is 5.96 Å². The van der Waals surface area contributed by atoms with Crippen molar-refractivity contribution in [2.45, 2.75) is 0 Å². The van der Waals surface area contributed by atoms with Crippen LogP contribution in [0.15, 0.2) is 35.8 Å². The number of nitrogens with zero attached hydrogens (tertiary/aromatic N) is 5. The lowest BCUT2D eigenvalue weighted by atomic mass is 10.3. The van der Waals surface area contributed by atoms with Gasteiger partial charge in [0.25, 0.3) is 0 Å². The average molecular weight is 284 g/mol. The van der Waals surface area contributed by atoms with E-state index in [-0.39, 0.29) is 0 Å². The van der Waals surface area contributed by atoms with Crippen LogP contribution in [-0.2, 0) is 0 Å². The first-order valence-corrected chi connectivity index (χ1v) is 5.89. The number of aliphatic imine (C=N–C) groups is 1. The summed E-state index contributed by atoms with van der Waals surface area (Å²) in [5.41, 5.74) is 0.762. The van der Waals surface area contributed by atoms with Gasteiger partial charge in [0, 0.05) is 19.1 Å². The van der Waals surface area contributed by atoms with Crippen LogP contribution in [0.3, 0.4) is 0 Å². The Morgan fingerprint density at radius 2 is 1.94 bits per heavy atom. The van der Waals surface area contributed by atoms with Gasteiger partial charge in [0.05, 0.1) is 10.7 Å². The van der Waals surface area contributed by atoms with Crippen molar-refractivity contribution in [1.29, 1.82) is 0 Å². The normalized spacial score (nSPS) is 11.7. The molecule has 1 heterocycles. The molecule has 0 spiro atoms. The summed E-state index contributed by atoms with van der Waals surface area (Å²) in [6, 6.07) is 5.26. The Hall–Kier alpha value is -1.59. The quantitative estimate of drug-likeness (QED) is 0.597. The highest BCUT2D eigenvalue weighted by atomic mass is 35.5. The summed E-state index contributed by atoms with van der Waals surface area (Å²) in [6.07, 6.45) is 3.13. The molecule has 0 aliphatic carbocycles. The summed E-state index contributed by atoms with van der Waals surface area (Å²) in [5.74, 6) is 0.643. The van der Waals surface area contributed by atoms with E-state index in [1.54, 1.807) is 42.5 Å². The van der Waals surface area contributed by atoms with Crippen molar-refractivity contribution in [2.24, 2.45) is 4.99 Å². The van der Waals surface area contributed by atoms with Crippen LogP contribution in [0.25, 0.3) is 0 Å². The van der Waals surface area contributed by atoms with Crippen LogP contribution >= 0.6 is 23.2 Å². The standard InChI is InChI=1S/C11H11Cl2N5/c1-14-11(18-6-15-16-7-18)17(2)10-5-8(12)3-4-9(10)13/h3-7H,1-2H3. The highest BCUT2D eigenvalue weighted by Gasteiger charge is 2.14. The van der Waals surface area contributed by atoms with Gasteiger partial charge in [-0.3, -0.25) is 9.56 Å². The topological polar surface area (TPSA) is 46.3 Å². The fourth-order valence-electron chi connectivity index (χ4n) is 1.59. The molecular weight excluding hydrogens is 273 g/mol. The van der Waals surface area contributed by atoms with Crippen LogP contribution < -0.4 is 4.90 Å². The summed E-state index contributed by atoms with van der Waals surface area (Å²) in [7, 11) is 3.53. The van der Waals surface area contributed by atoms with E-state index in [2.05, 4.69) is 15.2 Å². The van der Waals surface area contributed by atoms with Gasteiger partial charge in [-0.15, -0.1) is 10.2 Å². The summed E-state index contributed by atoms with van der Waals surface area (Å²) < 4.78 is 1.69. The number of hydrogen-bond acceptors (Lipinski definition) is 3. The highest BCUT2D eigenvalue weighted by Crippen LogP contribution is 2.28. The number of aromatic nitrogens is 3. The van der Waals surface area contributed by atoms with E-state index < -0.39 is 0 Å². The summed E-state index contributed by atoms with van der Waals surface area (Å²) in [5, 5.41) is 8.71. The number of benzene rings is 1. The van der Waals surface area contributed by atoms with Crippen molar-refractivity contribution in [3.05, 3.63) is 40.9 Å². The molecule has 0 saturated heterocycles. The third-order valence-corrected chi connectivity index (χ3v) is 2.97. The molecule has 1 aromatic carbocycles. The van der Waals surface area contributed by atoms with Crippen molar-refractivity contribution in [3.63, 3.8) is 0 Å². The van der Waals surface area contributed by atoms with E-state index in [1.807, 2.05) is 11.9 Å². The van der Waals surface area contributed by atoms with Crippen molar-refractivity contribution >= 4 is 34.8 Å². The van der Waals surface area contributed by atoms with Crippen LogP contribution in [0.1, 0.15) is 0 Å². The number of hydrogen-bond donors (Lipinski definition) is 0. The maximum Gasteiger partial charge on any atom is 0.211 e. The third kappa shape index (κ3) is 2.47. The molecule has 0 bridgehead atoms. The van der Waals surface area contributed by atoms with E-state index in [1.165, 1.54) is 0 Å². The van der Waals surface area contributed by atoms with E-state index in [9.17, 15) is 0 Å². The van der Waals surface area contributed by atoms with Gasteiger partial charge in [-0.2, -0.15) is 0 Å². The Bertz CT molecular complexity index is 565. The van der Waals surface area contributed by atoms with Crippen LogP contribution in [0.5, 0.6) is 0 Å². The molecule has 0 aliphatic rings. The molecule has 18 heavy (non-hydrogen) atoms. The first-order chi connectivity index (χ1) is 8.63. The molecule has 0 N–H and O–H groups in total. The molecule has 2 rings (SSSR count). The molecule has 0 aliphatic heterocycles. The van der Waals surface area contributed by atoms with Gasteiger partial charge in [0.15, 0.2) is 0 Å². The highest BCUT2D eigenvalue weighted by molar-refractivity contribution is 6.35. The zero-order valence-electron chi connectivity index (χ0n) is 9.88. The molecule has 1 aromatic heterocycles. The smallest absolute Gasteiger partial charge is 0.211 e. The number of anilines is 1. The Kier molecular flexibility index (Phi) is 3.84. The zero-order chi connectivity index (χ0) is 13.1. The SMILES string of the molecule is CN=C(N(C)c1cc(Cl)ccc1Cl)n1cnnc1. The fraction of sp³-hybridized carbons (Fsp3) is 0.182. The Morgan fingerprint density at radius 1 is 1.28 bits per heavy atom. The van der Waals surface area contributed by atoms with E-state index in [4.69, 9.17) is 23.2 Å². The van der Waals surface area contributed by atoms with Gasteiger partial charge < -0.3 is 4.90 Å². The maximum absolute atomic E-state index is 6.16. The monoisotopic (exact) mass is 283 g/mol. The van der Waals surface area contributed by atoms with E-state index in [0.29, 0.717) is 16.0 Å². The Labute approximate surface area is 115 Å². The van der Waals surface area contributed by atoms with Crippen molar-refractivity contribution in [1.82, 2.24) is 14.8 Å². The average Bonchev–Trinajstić information content (AvgIpc) is 2.87. The summed E-state index contributed by atoms with van der Waals surface area (Å²) in [4.78, 5) is 6.02. The minimum atomic E-state index is 0.594. The molecule has 0 radical (unpaired) electrons. The second-order valence-corrected chi connectivity index (χ2v) is 4.39. The lowest BCUT2D eigenvalue weighted by molar-refractivity contribution is 1.04. The largest absolute Gasteiger partial charge is 0.313 e. The molecule has 5 nitrogen and oxygen atoms in total. The first kappa shape index (κ1) is 12.9. The van der Waals surface area contributed by atoms with Crippen LogP contribution in [0, 0.1) is 0 Å². The fourth-order valence-corrected chi connectivity index (χ4v) is 2.00. The number of rotatable bonds is 1. The predicted molar refractivity (Wildman–Crippen MR) is 73.6 cm³/mol. The first-order valence-electron chi connectivity index (χ1n) is 5.14. The molecule has 2 aromatic rings. The second-order valence-electron chi connectivity index (χ2n) is 3.55. The van der Waals surface area contributed by atoms with Crippen LogP contribution in [0.4, 0.5) is 5.69 Å². The van der Waals surface area contributed by atoms with Crippen molar-refractivity contribution < 1.29 is 0 Å². The number of halogens is 2. The third-order valence-electron chi connectivity index (χ3n) is 2.42. The predicted octanol–water partition coefficient (Wildman–Crippen LogP) is 2.56. The van der Waals surface area contributed by atoms with Gasteiger partial charge in [-0.1, -0.05) is 23.2 Å². The molecule has 94 valence electrons. The maximum atomic E-state index is 6.16. The molecule has 0 atom stereocenters. The Balaban J connectivity index is 2.41. The molecule has 0 amide bonds.